The molecule has 2 aliphatic carbocycles. The number of carbonyl (C=O) groups is 2. The summed E-state index contributed by atoms with van der Waals surface area (Å²) in [5.74, 6) is 0.174. The van der Waals surface area contributed by atoms with Crippen molar-refractivity contribution in [3.05, 3.63) is 83.5 Å². The summed E-state index contributed by atoms with van der Waals surface area (Å²) in [6, 6.07) is 14.9. The summed E-state index contributed by atoms with van der Waals surface area (Å²) in [6.07, 6.45) is 7.46. The number of carbonyl (C=O) groups excluding carboxylic acids is 2. The van der Waals surface area contributed by atoms with Crippen molar-refractivity contribution < 1.29 is 14.3 Å². The fourth-order valence-corrected chi connectivity index (χ4v) is 4.64. The molecule has 6 rings (SSSR count). The number of hydrogen-bond acceptors (Lipinski definition) is 3. The Morgan fingerprint density at radius 2 is 2.00 bits per heavy atom. The lowest BCUT2D eigenvalue weighted by molar-refractivity contribution is -0.119. The van der Waals surface area contributed by atoms with Crippen LogP contribution in [-0.4, -0.2) is 23.9 Å². The number of rotatable bonds is 2. The van der Waals surface area contributed by atoms with Gasteiger partial charge in [-0.25, -0.2) is 4.79 Å². The summed E-state index contributed by atoms with van der Waals surface area (Å²) in [5.41, 5.74) is 4.23. The molecule has 2 heterocycles. The zero-order chi connectivity index (χ0) is 20.2. The molecule has 0 spiro atoms. The predicted octanol–water partition coefficient (Wildman–Crippen LogP) is 5.12. The second kappa shape index (κ2) is 6.60. The molecular formula is C24H20ClNO3. The fraction of sp³-hybridized carbons (Fsp3) is 0.250. The highest BCUT2D eigenvalue weighted by molar-refractivity contribution is 6.39. The number of para-hydroxylation sites is 1. The van der Waals surface area contributed by atoms with Crippen LogP contribution in [0.15, 0.2) is 72.3 Å². The van der Waals surface area contributed by atoms with E-state index in [1.54, 1.807) is 23.1 Å². The van der Waals surface area contributed by atoms with Crippen LogP contribution in [0.2, 0.25) is 0 Å². The maximum Gasteiger partial charge on any atom is 0.337 e. The van der Waals surface area contributed by atoms with Crippen molar-refractivity contribution in [1.29, 1.82) is 0 Å². The van der Waals surface area contributed by atoms with Crippen molar-refractivity contribution in [3.8, 4) is 0 Å². The molecule has 0 N–H and O–H groups in total. The zero-order valence-electron chi connectivity index (χ0n) is 16.0. The molecule has 1 amide bonds. The summed E-state index contributed by atoms with van der Waals surface area (Å²) < 4.78 is 4.86. The van der Waals surface area contributed by atoms with Gasteiger partial charge in [0.2, 0.25) is 0 Å². The van der Waals surface area contributed by atoms with E-state index < -0.39 is 10.8 Å². The minimum absolute atomic E-state index is 0.223. The Kier molecular flexibility index (Phi) is 4.14. The maximum absolute atomic E-state index is 13.8. The van der Waals surface area contributed by atoms with Gasteiger partial charge >= 0.3 is 5.97 Å². The van der Waals surface area contributed by atoms with E-state index in [1.807, 2.05) is 36.4 Å². The number of alkyl halides is 1. The van der Waals surface area contributed by atoms with Crippen molar-refractivity contribution >= 4 is 34.9 Å². The number of esters is 1. The van der Waals surface area contributed by atoms with Gasteiger partial charge in [-0.15, -0.1) is 11.6 Å². The molecule has 1 saturated carbocycles. The van der Waals surface area contributed by atoms with Crippen LogP contribution < -0.4 is 4.90 Å². The van der Waals surface area contributed by atoms with Gasteiger partial charge in [-0.05, 0) is 60.1 Å². The van der Waals surface area contributed by atoms with Crippen LogP contribution in [0.25, 0.3) is 0 Å². The molecule has 1 unspecified atom stereocenters. The van der Waals surface area contributed by atoms with Gasteiger partial charge in [-0.1, -0.05) is 42.5 Å². The van der Waals surface area contributed by atoms with E-state index in [1.165, 1.54) is 12.7 Å². The third-order valence-corrected chi connectivity index (χ3v) is 6.50. The molecule has 2 aromatic carbocycles. The maximum atomic E-state index is 13.8. The molecule has 0 saturated heterocycles. The van der Waals surface area contributed by atoms with Gasteiger partial charge in [-0.2, -0.15) is 0 Å². The number of allylic oxidation sites excluding steroid dienone is 3. The number of halogens is 1. The van der Waals surface area contributed by atoms with E-state index in [0.717, 1.165) is 17.7 Å². The van der Waals surface area contributed by atoms with Crippen LogP contribution in [0.5, 0.6) is 0 Å². The van der Waals surface area contributed by atoms with Crippen LogP contribution in [-0.2, 0) is 9.53 Å². The number of nitrogens with zero attached hydrogens (tertiary/aromatic N) is 1. The molecule has 2 bridgehead atoms. The van der Waals surface area contributed by atoms with Crippen molar-refractivity contribution in [2.75, 3.05) is 12.0 Å². The minimum Gasteiger partial charge on any atom is -0.465 e. The van der Waals surface area contributed by atoms with Gasteiger partial charge in [0.1, 0.15) is 4.87 Å². The second-order valence-electron chi connectivity index (χ2n) is 7.79. The highest BCUT2D eigenvalue weighted by Crippen LogP contribution is 2.57. The molecule has 2 aromatic rings. The van der Waals surface area contributed by atoms with E-state index in [4.69, 9.17) is 16.3 Å². The van der Waals surface area contributed by atoms with Gasteiger partial charge < -0.3 is 4.74 Å². The number of benzene rings is 2. The third-order valence-electron chi connectivity index (χ3n) is 6.05. The molecule has 1 fully saturated rings. The van der Waals surface area contributed by atoms with Gasteiger partial charge in [0.15, 0.2) is 0 Å². The van der Waals surface area contributed by atoms with Gasteiger partial charge in [0.25, 0.3) is 5.91 Å². The molecule has 0 aromatic heterocycles. The predicted molar refractivity (Wildman–Crippen MR) is 113 cm³/mol. The topological polar surface area (TPSA) is 46.6 Å². The smallest absolute Gasteiger partial charge is 0.337 e. The molecule has 146 valence electrons. The lowest BCUT2D eigenvalue weighted by Crippen LogP contribution is -2.43. The zero-order valence-corrected chi connectivity index (χ0v) is 16.7. The van der Waals surface area contributed by atoms with Gasteiger partial charge in [0.05, 0.1) is 18.4 Å². The third kappa shape index (κ3) is 2.90. The average molecular weight is 406 g/mol. The number of hydrogen-bond donors (Lipinski definition) is 0. The fourth-order valence-electron chi connectivity index (χ4n) is 4.42. The Bertz CT molecular complexity index is 1090. The lowest BCUT2D eigenvalue weighted by Gasteiger charge is -2.34. The standard InChI is InChI=1S/C24H20ClNO3/c1-29-22(27)16-5-4-6-17(13-16)26-21-8-3-2-7-18(21)20-14-19(20)15-9-11-24(25,12-10-15)23(26)28/h2-11,13,19-20H,12,14H2,1H3/t19-,20+,24?/m1/s1. The van der Waals surface area contributed by atoms with E-state index in [-0.39, 0.29) is 5.91 Å². The summed E-state index contributed by atoms with van der Waals surface area (Å²) in [5, 5.41) is 0. The number of methoxy groups -OCH3 is 1. The Balaban J connectivity index is 1.71. The van der Waals surface area contributed by atoms with Crippen LogP contribution in [0, 0.1) is 5.92 Å². The van der Waals surface area contributed by atoms with Crippen LogP contribution in [0.4, 0.5) is 11.4 Å². The van der Waals surface area contributed by atoms with Crippen molar-refractivity contribution in [1.82, 2.24) is 0 Å². The van der Waals surface area contributed by atoms with Crippen LogP contribution in [0.3, 0.4) is 0 Å². The Hall–Kier alpha value is -2.85. The Morgan fingerprint density at radius 3 is 2.76 bits per heavy atom. The van der Waals surface area contributed by atoms with Gasteiger partial charge in [-0.3, -0.25) is 9.69 Å². The monoisotopic (exact) mass is 405 g/mol. The first-order chi connectivity index (χ1) is 14.0. The van der Waals surface area contributed by atoms with E-state index in [0.29, 0.717) is 29.5 Å². The summed E-state index contributed by atoms with van der Waals surface area (Å²) in [7, 11) is 1.34. The number of anilines is 2. The van der Waals surface area contributed by atoms with Crippen molar-refractivity contribution in [2.45, 2.75) is 23.6 Å². The van der Waals surface area contributed by atoms with E-state index >= 15 is 0 Å². The molecule has 2 aliphatic heterocycles. The quantitative estimate of drug-likeness (QED) is 0.514. The molecular weight excluding hydrogens is 386 g/mol. The van der Waals surface area contributed by atoms with Gasteiger partial charge in [0, 0.05) is 5.69 Å². The first-order valence-corrected chi connectivity index (χ1v) is 10.1. The minimum atomic E-state index is -1.15. The van der Waals surface area contributed by atoms with E-state index in [9.17, 15) is 9.59 Å². The Labute approximate surface area is 174 Å². The number of amides is 1. The second-order valence-corrected chi connectivity index (χ2v) is 8.47. The first kappa shape index (κ1) is 18.2. The lowest BCUT2D eigenvalue weighted by atomic mass is 9.89. The largest absolute Gasteiger partial charge is 0.465 e. The molecule has 4 aliphatic rings. The number of ether oxygens (including phenoxy) is 1. The highest BCUT2D eigenvalue weighted by atomic mass is 35.5. The van der Waals surface area contributed by atoms with Crippen molar-refractivity contribution in [3.63, 3.8) is 0 Å². The molecule has 0 radical (unpaired) electrons. The summed E-state index contributed by atoms with van der Waals surface area (Å²) in [4.78, 5) is 26.4. The SMILES string of the molecule is COC(=O)c1cccc(N2C(=O)C3(Cl)C=CC(=CC3)[C@H]3C[C@H]3c3ccccc32)c1. The average Bonchev–Trinajstić information content (AvgIpc) is 3.55. The van der Waals surface area contributed by atoms with Crippen LogP contribution in [0.1, 0.15) is 34.7 Å². The summed E-state index contributed by atoms with van der Waals surface area (Å²) >= 11 is 6.84. The van der Waals surface area contributed by atoms with Crippen LogP contribution >= 0.6 is 11.6 Å². The van der Waals surface area contributed by atoms with Crippen molar-refractivity contribution in [2.24, 2.45) is 5.92 Å². The highest BCUT2D eigenvalue weighted by Gasteiger charge is 2.47. The molecule has 3 atom stereocenters. The molecule has 29 heavy (non-hydrogen) atoms. The first-order valence-electron chi connectivity index (χ1n) is 9.72. The number of fused-ring (bicyclic) bond motifs is 2. The normalized spacial score (nSPS) is 27.0. The Morgan fingerprint density at radius 1 is 1.17 bits per heavy atom. The molecule has 4 nitrogen and oxygen atoms in total. The van der Waals surface area contributed by atoms with E-state index in [2.05, 4.69) is 12.1 Å². The molecule has 5 heteroatoms. The summed E-state index contributed by atoms with van der Waals surface area (Å²) in [6.45, 7) is 0.